The van der Waals surface area contributed by atoms with Crippen LogP contribution in [0.3, 0.4) is 0 Å². The van der Waals surface area contributed by atoms with Gasteiger partial charge in [0, 0.05) is 0 Å². The number of tetrazole rings is 1. The third-order valence-electron chi connectivity index (χ3n) is 1.62. The molecule has 0 spiro atoms. The molecule has 0 fully saturated rings. The lowest BCUT2D eigenvalue weighted by molar-refractivity contribution is 0.780. The Labute approximate surface area is 88.2 Å². The molecule has 0 bridgehead atoms. The fraction of sp³-hybridized carbons (Fsp3) is 0. The molecule has 0 aliphatic carbocycles. The molecule has 0 unspecified atom stereocenters. The molecule has 5 nitrogen and oxygen atoms in total. The Bertz CT molecular complexity index is 498. The monoisotopic (exact) mass is 230 g/mol. The molecular weight excluding hydrogens is 227 g/mol. The van der Waals surface area contributed by atoms with Crippen molar-refractivity contribution in [1.82, 2.24) is 20.2 Å². The van der Waals surface area contributed by atoms with Crippen molar-refractivity contribution < 1.29 is 0 Å². The summed E-state index contributed by atoms with van der Waals surface area (Å²) in [5.74, 6) is 0. The van der Waals surface area contributed by atoms with Crippen LogP contribution in [0.15, 0.2) is 23.0 Å². The Morgan fingerprint density at radius 2 is 1.93 bits per heavy atom. The Morgan fingerprint density at radius 1 is 1.29 bits per heavy atom. The number of benzene rings is 1. The van der Waals surface area contributed by atoms with Gasteiger partial charge >= 0.3 is 5.69 Å². The highest BCUT2D eigenvalue weighted by atomic mass is 35.5. The van der Waals surface area contributed by atoms with Crippen LogP contribution in [-0.4, -0.2) is 20.2 Å². The maximum atomic E-state index is 11.2. The smallest absolute Gasteiger partial charge is 0.244 e. The first kappa shape index (κ1) is 9.23. The molecule has 0 atom stereocenters. The van der Waals surface area contributed by atoms with Crippen LogP contribution < -0.4 is 5.69 Å². The van der Waals surface area contributed by atoms with E-state index in [1.54, 1.807) is 18.2 Å². The maximum Gasteiger partial charge on any atom is 0.365 e. The summed E-state index contributed by atoms with van der Waals surface area (Å²) in [5, 5.41) is 9.71. The minimum atomic E-state index is -0.486. The van der Waals surface area contributed by atoms with Crippen molar-refractivity contribution >= 4 is 23.2 Å². The van der Waals surface area contributed by atoms with E-state index in [9.17, 15) is 4.79 Å². The quantitative estimate of drug-likeness (QED) is 0.803. The third-order valence-corrected chi connectivity index (χ3v) is 2.23. The number of aromatic amines is 1. The standard InChI is InChI=1S/C7H4Cl2N4O/c8-4-2-1-3-5(9)6(4)13-7(14)10-11-12-13/h1-3H,(H,10,12,14). The number of hydrogen-bond acceptors (Lipinski definition) is 3. The number of halogens is 2. The Kier molecular flexibility index (Phi) is 2.26. The lowest BCUT2D eigenvalue weighted by atomic mass is 10.3. The van der Waals surface area contributed by atoms with Crippen molar-refractivity contribution in [3.8, 4) is 5.69 Å². The van der Waals surface area contributed by atoms with Crippen molar-refractivity contribution in [1.29, 1.82) is 0 Å². The van der Waals surface area contributed by atoms with Gasteiger partial charge in [0.25, 0.3) is 0 Å². The molecule has 2 aromatic rings. The normalized spacial score (nSPS) is 10.4. The van der Waals surface area contributed by atoms with Crippen LogP contribution in [0.4, 0.5) is 0 Å². The van der Waals surface area contributed by atoms with Crippen LogP contribution in [0.2, 0.25) is 10.0 Å². The molecule has 1 N–H and O–H groups in total. The topological polar surface area (TPSA) is 63.6 Å². The summed E-state index contributed by atoms with van der Waals surface area (Å²) in [6, 6.07) is 4.91. The zero-order valence-corrected chi connectivity index (χ0v) is 8.25. The van der Waals surface area contributed by atoms with Crippen molar-refractivity contribution in [3.63, 3.8) is 0 Å². The molecule has 0 radical (unpaired) electrons. The van der Waals surface area contributed by atoms with Gasteiger partial charge in [-0.05, 0) is 22.6 Å². The minimum Gasteiger partial charge on any atom is -0.244 e. The first-order chi connectivity index (χ1) is 6.70. The molecule has 0 saturated heterocycles. The summed E-state index contributed by atoms with van der Waals surface area (Å²) in [4.78, 5) is 11.2. The van der Waals surface area contributed by atoms with Gasteiger partial charge in [-0.1, -0.05) is 29.3 Å². The Morgan fingerprint density at radius 3 is 2.43 bits per heavy atom. The number of nitrogens with one attached hydrogen (secondary N) is 1. The summed E-state index contributed by atoms with van der Waals surface area (Å²) in [7, 11) is 0. The number of hydrogen-bond donors (Lipinski definition) is 1. The van der Waals surface area contributed by atoms with E-state index in [-0.39, 0.29) is 0 Å². The zero-order chi connectivity index (χ0) is 10.1. The van der Waals surface area contributed by atoms with Gasteiger partial charge in [0.15, 0.2) is 0 Å². The highest BCUT2D eigenvalue weighted by Gasteiger charge is 2.11. The van der Waals surface area contributed by atoms with E-state index in [1.807, 2.05) is 0 Å². The molecule has 0 saturated carbocycles. The van der Waals surface area contributed by atoms with Gasteiger partial charge in [-0.15, -0.1) is 0 Å². The first-order valence-corrected chi connectivity index (χ1v) is 4.40. The van der Waals surface area contributed by atoms with Crippen molar-refractivity contribution in [3.05, 3.63) is 38.7 Å². The molecule has 1 aromatic heterocycles. The Hall–Kier alpha value is -1.33. The second-order valence-corrected chi connectivity index (χ2v) is 3.30. The minimum absolute atomic E-state index is 0.328. The average molecular weight is 231 g/mol. The average Bonchev–Trinajstić information content (AvgIpc) is 2.52. The lowest BCUT2D eigenvalue weighted by Crippen LogP contribution is -2.16. The fourth-order valence-electron chi connectivity index (χ4n) is 1.04. The van der Waals surface area contributed by atoms with Crippen LogP contribution in [-0.2, 0) is 0 Å². The van der Waals surface area contributed by atoms with Gasteiger partial charge in [0.05, 0.1) is 10.0 Å². The molecular formula is C7H4Cl2N4O. The van der Waals surface area contributed by atoms with E-state index >= 15 is 0 Å². The van der Waals surface area contributed by atoms with Gasteiger partial charge in [-0.2, -0.15) is 4.68 Å². The number of H-pyrrole nitrogens is 1. The predicted molar refractivity (Wildman–Crippen MR) is 52.0 cm³/mol. The number of para-hydroxylation sites is 1. The number of nitrogens with zero attached hydrogens (tertiary/aromatic N) is 3. The van der Waals surface area contributed by atoms with Crippen molar-refractivity contribution in [2.45, 2.75) is 0 Å². The second kappa shape index (κ2) is 3.43. The first-order valence-electron chi connectivity index (χ1n) is 3.65. The summed E-state index contributed by atoms with van der Waals surface area (Å²) < 4.78 is 1.00. The van der Waals surface area contributed by atoms with Gasteiger partial charge < -0.3 is 0 Å². The molecule has 1 heterocycles. The van der Waals surface area contributed by atoms with Crippen molar-refractivity contribution in [2.24, 2.45) is 0 Å². The van der Waals surface area contributed by atoms with Crippen LogP contribution in [0.25, 0.3) is 5.69 Å². The van der Waals surface area contributed by atoms with E-state index < -0.39 is 5.69 Å². The third kappa shape index (κ3) is 1.40. The van der Waals surface area contributed by atoms with Crippen LogP contribution in [0.5, 0.6) is 0 Å². The highest BCUT2D eigenvalue weighted by molar-refractivity contribution is 6.37. The highest BCUT2D eigenvalue weighted by Crippen LogP contribution is 2.25. The molecule has 0 aliphatic heterocycles. The fourth-order valence-corrected chi connectivity index (χ4v) is 1.59. The molecule has 7 heteroatoms. The van der Waals surface area contributed by atoms with E-state index in [1.165, 1.54) is 0 Å². The summed E-state index contributed by atoms with van der Waals surface area (Å²) in [5.41, 5.74) is -0.158. The van der Waals surface area contributed by atoms with Gasteiger partial charge in [0.1, 0.15) is 5.69 Å². The molecule has 2 rings (SSSR count). The van der Waals surface area contributed by atoms with Crippen LogP contribution >= 0.6 is 23.2 Å². The van der Waals surface area contributed by atoms with Crippen LogP contribution in [0, 0.1) is 0 Å². The van der Waals surface area contributed by atoms with E-state index in [2.05, 4.69) is 15.5 Å². The summed E-state index contributed by atoms with van der Waals surface area (Å²) in [6.07, 6.45) is 0. The lowest BCUT2D eigenvalue weighted by Gasteiger charge is -2.02. The molecule has 0 aliphatic rings. The Balaban J connectivity index is 2.74. The molecule has 1 aromatic carbocycles. The summed E-state index contributed by atoms with van der Waals surface area (Å²) >= 11 is 11.7. The summed E-state index contributed by atoms with van der Waals surface area (Å²) in [6.45, 7) is 0. The number of rotatable bonds is 1. The van der Waals surface area contributed by atoms with Crippen LogP contribution in [0.1, 0.15) is 0 Å². The van der Waals surface area contributed by atoms with Gasteiger partial charge in [-0.3, -0.25) is 0 Å². The SMILES string of the molecule is O=c1[nH]nnn1-c1c(Cl)cccc1Cl. The molecule has 14 heavy (non-hydrogen) atoms. The van der Waals surface area contributed by atoms with E-state index in [4.69, 9.17) is 23.2 Å². The van der Waals surface area contributed by atoms with Gasteiger partial charge in [-0.25, -0.2) is 9.89 Å². The second-order valence-electron chi connectivity index (χ2n) is 2.49. The molecule has 72 valence electrons. The maximum absolute atomic E-state index is 11.2. The molecule has 0 amide bonds. The number of aromatic nitrogens is 4. The van der Waals surface area contributed by atoms with E-state index in [0.717, 1.165) is 4.68 Å². The predicted octanol–water partition coefficient (Wildman–Crippen LogP) is 1.26. The largest absolute Gasteiger partial charge is 0.365 e. The van der Waals surface area contributed by atoms with E-state index in [0.29, 0.717) is 15.7 Å². The van der Waals surface area contributed by atoms with Crippen molar-refractivity contribution in [2.75, 3.05) is 0 Å². The zero-order valence-electron chi connectivity index (χ0n) is 6.74. The van der Waals surface area contributed by atoms with Gasteiger partial charge in [0.2, 0.25) is 0 Å².